The van der Waals surface area contributed by atoms with Gasteiger partial charge in [0.05, 0.1) is 11.3 Å². The molecule has 2 heterocycles. The Bertz CT molecular complexity index is 761. The van der Waals surface area contributed by atoms with Crippen LogP contribution in [0.2, 0.25) is 0 Å². The first-order chi connectivity index (χ1) is 9.30. The third kappa shape index (κ3) is 2.09. The Morgan fingerprint density at radius 1 is 1.11 bits per heavy atom. The van der Waals surface area contributed by atoms with Gasteiger partial charge in [0.1, 0.15) is 11.7 Å². The number of rotatable bonds is 2. The molecule has 3 heteroatoms. The first-order valence-electron chi connectivity index (χ1n) is 6.28. The van der Waals surface area contributed by atoms with Gasteiger partial charge in [-0.2, -0.15) is 5.26 Å². The quantitative estimate of drug-likeness (QED) is 0.696. The molecule has 0 spiro atoms. The zero-order valence-electron chi connectivity index (χ0n) is 10.7. The van der Waals surface area contributed by atoms with E-state index in [1.165, 1.54) is 5.56 Å². The Hall–Kier alpha value is -2.60. The van der Waals surface area contributed by atoms with E-state index in [-0.39, 0.29) is 0 Å². The second kappa shape index (κ2) is 4.58. The van der Waals surface area contributed by atoms with Crippen molar-refractivity contribution < 1.29 is 0 Å². The van der Waals surface area contributed by atoms with Crippen LogP contribution in [0.1, 0.15) is 18.1 Å². The number of fused-ring (bicyclic) bond motifs is 1. The summed E-state index contributed by atoms with van der Waals surface area (Å²) in [4.78, 5) is 4.57. The summed E-state index contributed by atoms with van der Waals surface area (Å²) in [5.41, 5.74) is 4.84. The summed E-state index contributed by atoms with van der Waals surface area (Å²) in [6, 6.07) is 14.2. The molecule has 0 aliphatic carbocycles. The fourth-order valence-electron chi connectivity index (χ4n) is 2.11. The van der Waals surface area contributed by atoms with Crippen molar-refractivity contribution in [2.75, 3.05) is 0 Å². The zero-order valence-corrected chi connectivity index (χ0v) is 10.7. The second-order valence-electron chi connectivity index (χ2n) is 4.47. The van der Waals surface area contributed by atoms with Crippen LogP contribution in [0.15, 0.2) is 48.8 Å². The summed E-state index contributed by atoms with van der Waals surface area (Å²) in [7, 11) is 0. The van der Waals surface area contributed by atoms with Crippen LogP contribution >= 0.6 is 0 Å². The lowest BCUT2D eigenvalue weighted by molar-refractivity contribution is 1.14. The molecule has 0 saturated heterocycles. The molecular weight excluding hydrogens is 234 g/mol. The fraction of sp³-hybridized carbons (Fsp3) is 0.125. The first kappa shape index (κ1) is 11.5. The van der Waals surface area contributed by atoms with Crippen molar-refractivity contribution in [2.45, 2.75) is 13.3 Å². The molecular formula is C16H13N3. The highest BCUT2D eigenvalue weighted by Crippen LogP contribution is 2.20. The third-order valence-electron chi connectivity index (χ3n) is 3.24. The van der Waals surface area contributed by atoms with Gasteiger partial charge in [0, 0.05) is 18.0 Å². The average molecular weight is 247 g/mol. The van der Waals surface area contributed by atoms with Gasteiger partial charge in [0.2, 0.25) is 0 Å². The Balaban J connectivity index is 2.07. The molecule has 92 valence electrons. The lowest BCUT2D eigenvalue weighted by Gasteiger charge is -1.98. The normalized spacial score (nSPS) is 10.5. The van der Waals surface area contributed by atoms with Crippen LogP contribution in [-0.4, -0.2) is 9.38 Å². The Morgan fingerprint density at radius 3 is 2.58 bits per heavy atom. The second-order valence-corrected chi connectivity index (χ2v) is 4.47. The number of hydrogen-bond donors (Lipinski definition) is 0. The van der Waals surface area contributed by atoms with E-state index in [0.717, 1.165) is 23.3 Å². The maximum absolute atomic E-state index is 8.89. The van der Waals surface area contributed by atoms with Crippen molar-refractivity contribution in [3.05, 3.63) is 59.9 Å². The van der Waals surface area contributed by atoms with Crippen LogP contribution in [0.25, 0.3) is 16.9 Å². The highest BCUT2D eigenvalue weighted by molar-refractivity contribution is 5.63. The Kier molecular flexibility index (Phi) is 2.77. The molecule has 0 N–H and O–H groups in total. The number of nitrogens with zero attached hydrogens (tertiary/aromatic N) is 3. The van der Waals surface area contributed by atoms with E-state index < -0.39 is 0 Å². The summed E-state index contributed by atoms with van der Waals surface area (Å²) in [6.07, 6.45) is 4.79. The molecule has 3 nitrogen and oxygen atoms in total. The largest absolute Gasteiger partial charge is 0.305 e. The number of imidazole rings is 1. The Morgan fingerprint density at radius 2 is 1.89 bits per heavy atom. The monoisotopic (exact) mass is 247 g/mol. The standard InChI is InChI=1S/C16H13N3/c1-2-12-3-6-14(7-4-12)15-11-19-10-13(9-17)5-8-16(19)18-15/h3-8,10-11H,2H2,1H3. The maximum Gasteiger partial charge on any atom is 0.137 e. The van der Waals surface area contributed by atoms with E-state index in [9.17, 15) is 0 Å². The van der Waals surface area contributed by atoms with Crippen molar-refractivity contribution in [2.24, 2.45) is 0 Å². The molecule has 1 aromatic carbocycles. The molecule has 0 amide bonds. The summed E-state index contributed by atoms with van der Waals surface area (Å²) in [5, 5.41) is 8.89. The Labute approximate surface area is 111 Å². The lowest BCUT2D eigenvalue weighted by Crippen LogP contribution is -1.83. The van der Waals surface area contributed by atoms with Gasteiger partial charge in [-0.1, -0.05) is 31.2 Å². The lowest BCUT2D eigenvalue weighted by atomic mass is 10.1. The van der Waals surface area contributed by atoms with Crippen LogP contribution in [0.4, 0.5) is 0 Å². The van der Waals surface area contributed by atoms with E-state index in [2.05, 4.69) is 42.2 Å². The van der Waals surface area contributed by atoms with E-state index in [1.807, 2.05) is 16.7 Å². The molecule has 0 unspecified atom stereocenters. The summed E-state index contributed by atoms with van der Waals surface area (Å²) < 4.78 is 1.89. The minimum absolute atomic E-state index is 0.637. The van der Waals surface area contributed by atoms with Crippen molar-refractivity contribution in [1.29, 1.82) is 5.26 Å². The molecule has 19 heavy (non-hydrogen) atoms. The van der Waals surface area contributed by atoms with Crippen molar-refractivity contribution in [3.63, 3.8) is 0 Å². The highest BCUT2D eigenvalue weighted by Gasteiger charge is 2.04. The number of aryl methyl sites for hydroxylation is 1. The zero-order chi connectivity index (χ0) is 13.2. The van der Waals surface area contributed by atoms with Gasteiger partial charge in [0.15, 0.2) is 0 Å². The number of aromatic nitrogens is 2. The molecule has 0 saturated carbocycles. The fourth-order valence-corrected chi connectivity index (χ4v) is 2.11. The van der Waals surface area contributed by atoms with Crippen molar-refractivity contribution >= 4 is 5.65 Å². The van der Waals surface area contributed by atoms with Crippen molar-refractivity contribution in [1.82, 2.24) is 9.38 Å². The molecule has 2 aromatic heterocycles. The van der Waals surface area contributed by atoms with E-state index in [4.69, 9.17) is 5.26 Å². The molecule has 0 atom stereocenters. The van der Waals surface area contributed by atoms with Gasteiger partial charge in [0.25, 0.3) is 0 Å². The number of benzene rings is 1. The van der Waals surface area contributed by atoms with Gasteiger partial charge in [-0.15, -0.1) is 0 Å². The van der Waals surface area contributed by atoms with Crippen LogP contribution in [-0.2, 0) is 6.42 Å². The predicted molar refractivity (Wildman–Crippen MR) is 74.7 cm³/mol. The van der Waals surface area contributed by atoms with Crippen LogP contribution in [0, 0.1) is 11.3 Å². The van der Waals surface area contributed by atoms with Gasteiger partial charge < -0.3 is 4.40 Å². The van der Waals surface area contributed by atoms with Gasteiger partial charge in [-0.05, 0) is 24.1 Å². The van der Waals surface area contributed by atoms with E-state index in [0.29, 0.717) is 5.56 Å². The molecule has 0 aliphatic rings. The van der Waals surface area contributed by atoms with Crippen LogP contribution < -0.4 is 0 Å². The van der Waals surface area contributed by atoms with E-state index >= 15 is 0 Å². The predicted octanol–water partition coefficient (Wildman–Crippen LogP) is 3.44. The maximum atomic E-state index is 8.89. The van der Waals surface area contributed by atoms with E-state index in [1.54, 1.807) is 12.3 Å². The minimum Gasteiger partial charge on any atom is -0.305 e. The number of pyridine rings is 1. The third-order valence-corrected chi connectivity index (χ3v) is 3.24. The molecule has 0 radical (unpaired) electrons. The first-order valence-corrected chi connectivity index (χ1v) is 6.28. The SMILES string of the molecule is CCc1ccc(-c2cn3cc(C#N)ccc3n2)cc1. The molecule has 0 bridgehead atoms. The summed E-state index contributed by atoms with van der Waals surface area (Å²) >= 11 is 0. The minimum atomic E-state index is 0.637. The van der Waals surface area contributed by atoms with Gasteiger partial charge >= 0.3 is 0 Å². The topological polar surface area (TPSA) is 41.1 Å². The molecule has 3 aromatic rings. The van der Waals surface area contributed by atoms with Crippen LogP contribution in [0.3, 0.4) is 0 Å². The molecule has 0 fully saturated rings. The van der Waals surface area contributed by atoms with Crippen LogP contribution in [0.5, 0.6) is 0 Å². The van der Waals surface area contributed by atoms with Gasteiger partial charge in [-0.3, -0.25) is 0 Å². The number of nitriles is 1. The molecule has 3 rings (SSSR count). The summed E-state index contributed by atoms with van der Waals surface area (Å²) in [5.74, 6) is 0. The average Bonchev–Trinajstić information content (AvgIpc) is 2.90. The van der Waals surface area contributed by atoms with Gasteiger partial charge in [-0.25, -0.2) is 4.98 Å². The number of hydrogen-bond acceptors (Lipinski definition) is 2. The van der Waals surface area contributed by atoms with Crippen molar-refractivity contribution in [3.8, 4) is 17.3 Å². The summed E-state index contributed by atoms with van der Waals surface area (Å²) in [6.45, 7) is 2.14. The molecule has 0 aliphatic heterocycles. The highest BCUT2D eigenvalue weighted by atomic mass is 15.0. The smallest absolute Gasteiger partial charge is 0.137 e.